The van der Waals surface area contributed by atoms with Crippen LogP contribution in [0, 0.1) is 4.91 Å². The van der Waals surface area contributed by atoms with Gasteiger partial charge in [0.05, 0.1) is 17.9 Å². The molecule has 0 saturated heterocycles. The van der Waals surface area contributed by atoms with Crippen molar-refractivity contribution in [3.63, 3.8) is 0 Å². The Bertz CT molecular complexity index is 87.0. The lowest BCUT2D eigenvalue weighted by Gasteiger charge is -2.11. The molecule has 0 rings (SSSR count). The molecule has 0 aromatic heterocycles. The van der Waals surface area contributed by atoms with Crippen LogP contribution < -0.4 is 0 Å². The first-order valence-corrected chi connectivity index (χ1v) is 2.93. The molecule has 0 aliphatic rings. The molecule has 0 amide bonds. The van der Waals surface area contributed by atoms with E-state index in [1.807, 2.05) is 6.92 Å². The normalized spacial score (nSPS) is 12.8. The minimum atomic E-state index is -0.437. The van der Waals surface area contributed by atoms with E-state index in [4.69, 9.17) is 5.11 Å². The Kier molecular flexibility index (Phi) is 3.96. The number of rotatable bonds is 4. The van der Waals surface area contributed by atoms with Crippen molar-refractivity contribution in [2.24, 2.45) is 5.29 Å². The van der Waals surface area contributed by atoms with Crippen LogP contribution in [0.25, 0.3) is 0 Å². The van der Waals surface area contributed by atoms with E-state index in [9.17, 15) is 4.91 Å². The molecule has 1 atom stereocenters. The third-order valence-electron chi connectivity index (χ3n) is 1.09. The van der Waals surface area contributed by atoms with Crippen molar-refractivity contribution in [2.75, 3.05) is 13.6 Å². The number of aliphatic hydroxyl groups excluding tert-OH is 1. The highest BCUT2D eigenvalue weighted by atomic mass is 16.3. The lowest BCUT2D eigenvalue weighted by molar-refractivity contribution is 0.123. The van der Waals surface area contributed by atoms with E-state index in [0.29, 0.717) is 13.0 Å². The van der Waals surface area contributed by atoms with Gasteiger partial charge in [0.25, 0.3) is 0 Å². The predicted octanol–water partition coefficient (Wildman–Crippen LogP) is 0.370. The molecule has 0 heterocycles. The lowest BCUT2D eigenvalue weighted by Crippen LogP contribution is -2.23. The maximum Gasteiger partial charge on any atom is 0.0730 e. The summed E-state index contributed by atoms with van der Waals surface area (Å²) in [5, 5.41) is 12.7. The Balaban J connectivity index is 3.33. The van der Waals surface area contributed by atoms with Crippen LogP contribution in [0.2, 0.25) is 0 Å². The average molecular weight is 132 g/mol. The van der Waals surface area contributed by atoms with Gasteiger partial charge in [-0.05, 0) is 6.42 Å². The second-order valence-electron chi connectivity index (χ2n) is 1.98. The van der Waals surface area contributed by atoms with E-state index in [2.05, 4.69) is 5.29 Å². The molecule has 54 valence electrons. The van der Waals surface area contributed by atoms with E-state index in [1.165, 1.54) is 12.1 Å². The number of nitrogens with zero attached hydrogens (tertiary/aromatic N) is 2. The summed E-state index contributed by atoms with van der Waals surface area (Å²) in [6, 6.07) is 0. The van der Waals surface area contributed by atoms with E-state index in [1.54, 1.807) is 0 Å². The summed E-state index contributed by atoms with van der Waals surface area (Å²) in [6.45, 7) is 2.17. The molecule has 9 heavy (non-hydrogen) atoms. The van der Waals surface area contributed by atoms with Crippen molar-refractivity contribution in [1.29, 1.82) is 0 Å². The van der Waals surface area contributed by atoms with Gasteiger partial charge >= 0.3 is 0 Å². The molecule has 0 bridgehead atoms. The first-order chi connectivity index (χ1) is 4.20. The summed E-state index contributed by atoms with van der Waals surface area (Å²) >= 11 is 0. The van der Waals surface area contributed by atoms with Crippen LogP contribution >= 0.6 is 0 Å². The SMILES string of the molecule is CCC(O)CN(C)N=O. The van der Waals surface area contributed by atoms with E-state index < -0.39 is 6.10 Å². The molecule has 0 aromatic carbocycles. The predicted molar refractivity (Wildman–Crippen MR) is 34.7 cm³/mol. The summed E-state index contributed by atoms with van der Waals surface area (Å²) in [5.74, 6) is 0. The molecule has 1 unspecified atom stereocenters. The van der Waals surface area contributed by atoms with Gasteiger partial charge in [0.1, 0.15) is 0 Å². The molecular weight excluding hydrogens is 120 g/mol. The van der Waals surface area contributed by atoms with E-state index in [0.717, 1.165) is 0 Å². The smallest absolute Gasteiger partial charge is 0.0730 e. The highest BCUT2D eigenvalue weighted by molar-refractivity contribution is 4.54. The fourth-order valence-electron chi connectivity index (χ4n) is 0.467. The van der Waals surface area contributed by atoms with Gasteiger partial charge in [-0.1, -0.05) is 6.92 Å². The quantitative estimate of drug-likeness (QED) is 0.444. The average Bonchev–Trinajstić information content (AvgIpc) is 1.87. The molecule has 4 heteroatoms. The Labute approximate surface area is 54.4 Å². The molecule has 0 radical (unpaired) electrons. The molecule has 0 aliphatic carbocycles. The molecule has 0 aliphatic heterocycles. The summed E-state index contributed by atoms with van der Waals surface area (Å²) in [5.41, 5.74) is 0. The minimum Gasteiger partial charge on any atom is -0.391 e. The molecule has 0 fully saturated rings. The van der Waals surface area contributed by atoms with Gasteiger partial charge in [-0.3, -0.25) is 5.01 Å². The molecule has 0 aromatic rings. The largest absolute Gasteiger partial charge is 0.391 e. The van der Waals surface area contributed by atoms with Crippen LogP contribution in [-0.2, 0) is 0 Å². The maximum absolute atomic E-state index is 9.72. The van der Waals surface area contributed by atoms with Gasteiger partial charge in [-0.25, -0.2) is 0 Å². The van der Waals surface area contributed by atoms with Gasteiger partial charge in [0, 0.05) is 7.05 Å². The number of aliphatic hydroxyl groups is 1. The Morgan fingerprint density at radius 2 is 2.33 bits per heavy atom. The van der Waals surface area contributed by atoms with Crippen molar-refractivity contribution in [3.8, 4) is 0 Å². The van der Waals surface area contributed by atoms with Gasteiger partial charge in [0.2, 0.25) is 0 Å². The van der Waals surface area contributed by atoms with Gasteiger partial charge in [-0.15, -0.1) is 4.91 Å². The Hall–Kier alpha value is -0.640. The van der Waals surface area contributed by atoms with Crippen molar-refractivity contribution in [1.82, 2.24) is 5.01 Å². The second kappa shape index (κ2) is 4.26. The summed E-state index contributed by atoms with van der Waals surface area (Å²) in [6.07, 6.45) is 0.215. The van der Waals surface area contributed by atoms with Crippen molar-refractivity contribution in [2.45, 2.75) is 19.4 Å². The van der Waals surface area contributed by atoms with Crippen molar-refractivity contribution >= 4 is 0 Å². The van der Waals surface area contributed by atoms with Gasteiger partial charge < -0.3 is 5.11 Å². The summed E-state index contributed by atoms with van der Waals surface area (Å²) in [7, 11) is 1.53. The highest BCUT2D eigenvalue weighted by Crippen LogP contribution is 1.92. The summed E-state index contributed by atoms with van der Waals surface area (Å²) < 4.78 is 0. The first kappa shape index (κ1) is 8.36. The van der Waals surface area contributed by atoms with Crippen molar-refractivity contribution in [3.05, 3.63) is 4.91 Å². The topological polar surface area (TPSA) is 52.9 Å². The van der Waals surface area contributed by atoms with Crippen LogP contribution in [0.4, 0.5) is 0 Å². The van der Waals surface area contributed by atoms with E-state index in [-0.39, 0.29) is 0 Å². The molecule has 0 spiro atoms. The zero-order chi connectivity index (χ0) is 7.28. The zero-order valence-corrected chi connectivity index (χ0v) is 5.74. The monoisotopic (exact) mass is 132 g/mol. The molecule has 0 saturated carbocycles. The van der Waals surface area contributed by atoms with Gasteiger partial charge in [-0.2, -0.15) is 0 Å². The number of nitroso groups, excluding NO2 is 1. The molecule has 1 N–H and O–H groups in total. The number of hydrogen-bond donors (Lipinski definition) is 1. The Morgan fingerprint density at radius 3 is 2.67 bits per heavy atom. The van der Waals surface area contributed by atoms with E-state index >= 15 is 0 Å². The minimum absolute atomic E-state index is 0.319. The van der Waals surface area contributed by atoms with Crippen LogP contribution in [0.3, 0.4) is 0 Å². The lowest BCUT2D eigenvalue weighted by atomic mass is 10.3. The van der Waals surface area contributed by atoms with Crippen LogP contribution in [0.1, 0.15) is 13.3 Å². The fraction of sp³-hybridized carbons (Fsp3) is 1.00. The van der Waals surface area contributed by atoms with Crippen LogP contribution in [-0.4, -0.2) is 29.8 Å². The highest BCUT2D eigenvalue weighted by Gasteiger charge is 2.02. The molecule has 4 nitrogen and oxygen atoms in total. The Morgan fingerprint density at radius 1 is 1.78 bits per heavy atom. The third kappa shape index (κ3) is 3.90. The fourth-order valence-corrected chi connectivity index (χ4v) is 0.467. The molecular formula is C5H12N2O2. The van der Waals surface area contributed by atoms with Crippen molar-refractivity contribution < 1.29 is 5.11 Å². The maximum atomic E-state index is 9.72. The van der Waals surface area contributed by atoms with Gasteiger partial charge in [0.15, 0.2) is 0 Å². The second-order valence-corrected chi connectivity index (χ2v) is 1.98. The first-order valence-electron chi connectivity index (χ1n) is 2.93. The zero-order valence-electron chi connectivity index (χ0n) is 5.74. The van der Waals surface area contributed by atoms with Crippen LogP contribution in [0.5, 0.6) is 0 Å². The number of hydrogen-bond acceptors (Lipinski definition) is 3. The third-order valence-corrected chi connectivity index (χ3v) is 1.09. The standard InChI is InChI=1S/C5H12N2O2/c1-3-5(8)4-7(2)6-9/h5,8H,3-4H2,1-2H3. The number of likely N-dealkylation sites (N-methyl/N-ethyl adjacent to an activating group) is 1. The summed E-state index contributed by atoms with van der Waals surface area (Å²) in [4.78, 5) is 9.72. The van der Waals surface area contributed by atoms with Crippen LogP contribution in [0.15, 0.2) is 5.29 Å².